The van der Waals surface area contributed by atoms with E-state index < -0.39 is 6.36 Å². The minimum Gasteiger partial charge on any atom is -0.406 e. The van der Waals surface area contributed by atoms with Gasteiger partial charge in [-0.05, 0) is 43.5 Å². The molecular weight excluding hydrogens is 333 g/mol. The number of amides is 1. The van der Waals surface area contributed by atoms with Crippen molar-refractivity contribution in [1.82, 2.24) is 10.6 Å². The van der Waals surface area contributed by atoms with Crippen molar-refractivity contribution in [2.75, 3.05) is 6.54 Å². The minimum atomic E-state index is -4.69. The molecule has 1 fully saturated rings. The number of halogens is 4. The summed E-state index contributed by atoms with van der Waals surface area (Å²) in [5, 5.41) is 6.09. The normalized spacial score (nSPS) is 17.4. The largest absolute Gasteiger partial charge is 0.573 e. The molecule has 0 aromatic heterocycles. The topological polar surface area (TPSA) is 50.4 Å². The molecule has 1 aliphatic heterocycles. The van der Waals surface area contributed by atoms with Gasteiger partial charge in [-0.3, -0.25) is 4.79 Å². The Kier molecular flexibility index (Phi) is 7.64. The SMILES string of the molecule is Cl.O=C(CCC1CCCN1)NCc1ccc(OC(F)(F)F)cc1. The highest BCUT2D eigenvalue weighted by Crippen LogP contribution is 2.22. The fraction of sp³-hybridized carbons (Fsp3) is 0.533. The monoisotopic (exact) mass is 352 g/mol. The summed E-state index contributed by atoms with van der Waals surface area (Å²) in [4.78, 5) is 11.7. The van der Waals surface area contributed by atoms with E-state index in [9.17, 15) is 18.0 Å². The van der Waals surface area contributed by atoms with Crippen LogP contribution in [0.2, 0.25) is 0 Å². The van der Waals surface area contributed by atoms with Gasteiger partial charge in [0.1, 0.15) is 5.75 Å². The summed E-state index contributed by atoms with van der Waals surface area (Å²) in [5.41, 5.74) is 0.724. The zero-order valence-corrected chi connectivity index (χ0v) is 13.3. The first-order valence-corrected chi connectivity index (χ1v) is 7.27. The average molecular weight is 353 g/mol. The first-order chi connectivity index (χ1) is 10.4. The van der Waals surface area contributed by atoms with Crippen LogP contribution in [-0.4, -0.2) is 24.9 Å². The standard InChI is InChI=1S/C15H19F3N2O2.ClH/c16-15(17,18)22-13-6-3-11(4-7-13)10-20-14(21)8-5-12-2-1-9-19-12;/h3-4,6-7,12,19H,1-2,5,8-10H2,(H,20,21);1H. The van der Waals surface area contributed by atoms with E-state index >= 15 is 0 Å². The van der Waals surface area contributed by atoms with Crippen molar-refractivity contribution in [3.05, 3.63) is 29.8 Å². The molecule has 1 atom stereocenters. The van der Waals surface area contributed by atoms with Crippen LogP contribution in [0.25, 0.3) is 0 Å². The number of ether oxygens (including phenoxy) is 1. The molecule has 0 saturated carbocycles. The van der Waals surface area contributed by atoms with E-state index in [4.69, 9.17) is 0 Å². The van der Waals surface area contributed by atoms with Crippen LogP contribution >= 0.6 is 12.4 Å². The molecule has 1 aromatic carbocycles. The maximum atomic E-state index is 12.0. The number of hydrogen-bond acceptors (Lipinski definition) is 3. The van der Waals surface area contributed by atoms with Crippen molar-refractivity contribution < 1.29 is 22.7 Å². The number of carbonyl (C=O) groups excluding carboxylic acids is 1. The highest BCUT2D eigenvalue weighted by Gasteiger charge is 2.30. The van der Waals surface area contributed by atoms with Crippen molar-refractivity contribution in [1.29, 1.82) is 0 Å². The summed E-state index contributed by atoms with van der Waals surface area (Å²) in [6, 6.07) is 5.89. The van der Waals surface area contributed by atoms with Crippen LogP contribution in [-0.2, 0) is 11.3 Å². The second kappa shape index (κ2) is 8.98. The van der Waals surface area contributed by atoms with Gasteiger partial charge in [-0.25, -0.2) is 0 Å². The molecule has 1 saturated heterocycles. The van der Waals surface area contributed by atoms with E-state index in [-0.39, 0.29) is 24.1 Å². The number of hydrogen-bond donors (Lipinski definition) is 2. The molecule has 4 nitrogen and oxygen atoms in total. The lowest BCUT2D eigenvalue weighted by molar-refractivity contribution is -0.274. The third kappa shape index (κ3) is 7.56. The van der Waals surface area contributed by atoms with Gasteiger partial charge < -0.3 is 15.4 Å². The summed E-state index contributed by atoms with van der Waals surface area (Å²) >= 11 is 0. The maximum absolute atomic E-state index is 12.0. The van der Waals surface area contributed by atoms with Crippen molar-refractivity contribution >= 4 is 18.3 Å². The highest BCUT2D eigenvalue weighted by molar-refractivity contribution is 5.85. The molecule has 1 heterocycles. The molecule has 130 valence electrons. The Balaban J connectivity index is 0.00000264. The lowest BCUT2D eigenvalue weighted by Gasteiger charge is -2.11. The second-order valence-corrected chi connectivity index (χ2v) is 5.30. The van der Waals surface area contributed by atoms with E-state index in [0.29, 0.717) is 19.0 Å². The van der Waals surface area contributed by atoms with Gasteiger partial charge in [-0.1, -0.05) is 12.1 Å². The Bertz CT molecular complexity index is 488. The Morgan fingerprint density at radius 3 is 2.57 bits per heavy atom. The summed E-state index contributed by atoms with van der Waals surface area (Å²) in [7, 11) is 0. The van der Waals surface area contributed by atoms with Crippen LogP contribution in [0.4, 0.5) is 13.2 Å². The fourth-order valence-electron chi connectivity index (χ4n) is 2.41. The summed E-state index contributed by atoms with van der Waals surface area (Å²) in [5.74, 6) is -0.320. The lowest BCUT2D eigenvalue weighted by atomic mass is 10.1. The molecule has 2 rings (SSSR count). The number of carbonyl (C=O) groups is 1. The Morgan fingerprint density at radius 2 is 2.00 bits per heavy atom. The first-order valence-electron chi connectivity index (χ1n) is 7.27. The molecule has 0 aliphatic carbocycles. The molecular formula is C15H20ClF3N2O2. The third-order valence-electron chi connectivity index (χ3n) is 3.53. The van der Waals surface area contributed by atoms with E-state index in [1.54, 1.807) is 0 Å². The molecule has 0 bridgehead atoms. The summed E-state index contributed by atoms with van der Waals surface area (Å²) in [6.07, 6.45) is -1.17. The van der Waals surface area contributed by atoms with Crippen LogP contribution < -0.4 is 15.4 Å². The maximum Gasteiger partial charge on any atom is 0.573 e. The zero-order valence-electron chi connectivity index (χ0n) is 12.5. The van der Waals surface area contributed by atoms with Crippen molar-refractivity contribution in [2.24, 2.45) is 0 Å². The smallest absolute Gasteiger partial charge is 0.406 e. The number of rotatable bonds is 6. The predicted octanol–water partition coefficient (Wildman–Crippen LogP) is 3.16. The number of benzene rings is 1. The molecule has 0 radical (unpaired) electrons. The van der Waals surface area contributed by atoms with Crippen molar-refractivity contribution in [3.63, 3.8) is 0 Å². The number of nitrogens with one attached hydrogen (secondary N) is 2. The van der Waals surface area contributed by atoms with E-state index in [0.717, 1.165) is 31.4 Å². The van der Waals surface area contributed by atoms with E-state index in [1.165, 1.54) is 24.3 Å². The van der Waals surface area contributed by atoms with Gasteiger partial charge in [-0.2, -0.15) is 0 Å². The summed E-state index contributed by atoms with van der Waals surface area (Å²) < 4.78 is 39.9. The molecule has 1 aromatic rings. The second-order valence-electron chi connectivity index (χ2n) is 5.30. The molecule has 1 aliphatic rings. The third-order valence-corrected chi connectivity index (χ3v) is 3.53. The first kappa shape index (κ1) is 19.6. The van der Waals surface area contributed by atoms with Crippen molar-refractivity contribution in [3.8, 4) is 5.75 Å². The minimum absolute atomic E-state index is 0. The molecule has 1 amide bonds. The summed E-state index contributed by atoms with van der Waals surface area (Å²) in [6.45, 7) is 1.31. The predicted molar refractivity (Wildman–Crippen MR) is 82.5 cm³/mol. The van der Waals surface area contributed by atoms with E-state index in [1.807, 2.05) is 0 Å². The number of alkyl halides is 3. The zero-order chi connectivity index (χ0) is 16.0. The van der Waals surface area contributed by atoms with E-state index in [2.05, 4.69) is 15.4 Å². The van der Waals surface area contributed by atoms with Crippen LogP contribution in [0, 0.1) is 0 Å². The molecule has 0 spiro atoms. The Hall–Kier alpha value is -1.47. The van der Waals surface area contributed by atoms with Crippen LogP contribution in [0.3, 0.4) is 0 Å². The van der Waals surface area contributed by atoms with Crippen molar-refractivity contribution in [2.45, 2.75) is 44.6 Å². The quantitative estimate of drug-likeness (QED) is 0.827. The Labute approximate surface area is 139 Å². The van der Waals surface area contributed by atoms with Gasteiger partial charge in [0.25, 0.3) is 0 Å². The average Bonchev–Trinajstić information content (AvgIpc) is 2.96. The van der Waals surface area contributed by atoms with Gasteiger partial charge in [0.15, 0.2) is 0 Å². The van der Waals surface area contributed by atoms with Gasteiger partial charge in [-0.15, -0.1) is 25.6 Å². The fourth-order valence-corrected chi connectivity index (χ4v) is 2.41. The molecule has 8 heteroatoms. The van der Waals surface area contributed by atoms with Gasteiger partial charge >= 0.3 is 6.36 Å². The van der Waals surface area contributed by atoms with Gasteiger partial charge in [0.05, 0.1) is 0 Å². The van der Waals surface area contributed by atoms with Crippen LogP contribution in [0.15, 0.2) is 24.3 Å². The molecule has 2 N–H and O–H groups in total. The lowest BCUT2D eigenvalue weighted by Crippen LogP contribution is -2.27. The van der Waals surface area contributed by atoms with Crippen LogP contribution in [0.5, 0.6) is 5.75 Å². The highest BCUT2D eigenvalue weighted by atomic mass is 35.5. The molecule has 1 unspecified atom stereocenters. The van der Waals surface area contributed by atoms with Gasteiger partial charge in [0.2, 0.25) is 5.91 Å². The van der Waals surface area contributed by atoms with Gasteiger partial charge in [0, 0.05) is 19.0 Å². The Morgan fingerprint density at radius 1 is 1.30 bits per heavy atom. The van der Waals surface area contributed by atoms with Crippen LogP contribution in [0.1, 0.15) is 31.2 Å². The molecule has 23 heavy (non-hydrogen) atoms.